The first-order chi connectivity index (χ1) is 8.47. The van der Waals surface area contributed by atoms with Gasteiger partial charge in [0.1, 0.15) is 0 Å². The van der Waals surface area contributed by atoms with Crippen molar-refractivity contribution in [2.75, 3.05) is 33.3 Å². The monoisotopic (exact) mass is 256 g/mol. The molecule has 2 atom stereocenters. The molecule has 0 saturated carbocycles. The molecule has 0 aromatic rings. The van der Waals surface area contributed by atoms with Gasteiger partial charge in [0.25, 0.3) is 0 Å². The van der Waals surface area contributed by atoms with Crippen molar-refractivity contribution >= 4 is 0 Å². The van der Waals surface area contributed by atoms with Gasteiger partial charge in [0.2, 0.25) is 0 Å². The standard InChI is InChI=1S/C15H32N2O/c1-15(2,3)13(7-9-16)6-5-10-17-11-8-14(12-17)18-4/h13-14H,5-12,16H2,1-4H3. The minimum absolute atomic E-state index is 0.388. The van der Waals surface area contributed by atoms with Crippen LogP contribution in [-0.4, -0.2) is 44.3 Å². The van der Waals surface area contributed by atoms with Crippen molar-refractivity contribution in [2.24, 2.45) is 17.1 Å². The van der Waals surface area contributed by atoms with Crippen LogP contribution in [0.1, 0.15) is 46.5 Å². The molecule has 0 aliphatic carbocycles. The third kappa shape index (κ3) is 5.25. The zero-order valence-corrected chi connectivity index (χ0v) is 12.7. The van der Waals surface area contributed by atoms with E-state index >= 15 is 0 Å². The van der Waals surface area contributed by atoms with E-state index in [1.165, 1.54) is 32.4 Å². The topological polar surface area (TPSA) is 38.5 Å². The second-order valence-corrected chi connectivity index (χ2v) is 6.73. The van der Waals surface area contributed by atoms with Crippen molar-refractivity contribution in [1.82, 2.24) is 4.90 Å². The average Bonchev–Trinajstić information content (AvgIpc) is 2.74. The van der Waals surface area contributed by atoms with Crippen LogP contribution in [0, 0.1) is 11.3 Å². The number of ether oxygens (including phenoxy) is 1. The summed E-state index contributed by atoms with van der Waals surface area (Å²) < 4.78 is 5.40. The second-order valence-electron chi connectivity index (χ2n) is 6.73. The number of rotatable bonds is 7. The van der Waals surface area contributed by atoms with Gasteiger partial charge < -0.3 is 15.4 Å². The van der Waals surface area contributed by atoms with Crippen molar-refractivity contribution in [3.05, 3.63) is 0 Å². The maximum absolute atomic E-state index is 5.73. The number of nitrogens with two attached hydrogens (primary N) is 1. The quantitative estimate of drug-likeness (QED) is 0.760. The summed E-state index contributed by atoms with van der Waals surface area (Å²) >= 11 is 0. The highest BCUT2D eigenvalue weighted by molar-refractivity contribution is 4.78. The number of likely N-dealkylation sites (tertiary alicyclic amines) is 1. The smallest absolute Gasteiger partial charge is 0.0710 e. The van der Waals surface area contributed by atoms with E-state index in [9.17, 15) is 0 Å². The maximum atomic E-state index is 5.73. The van der Waals surface area contributed by atoms with Crippen molar-refractivity contribution in [2.45, 2.75) is 52.6 Å². The van der Waals surface area contributed by atoms with E-state index in [-0.39, 0.29) is 0 Å². The Morgan fingerprint density at radius 2 is 2.06 bits per heavy atom. The molecule has 108 valence electrons. The van der Waals surface area contributed by atoms with Crippen LogP contribution in [0.25, 0.3) is 0 Å². The van der Waals surface area contributed by atoms with Gasteiger partial charge in [-0.05, 0) is 50.1 Å². The summed E-state index contributed by atoms with van der Waals surface area (Å²) in [6.45, 7) is 11.4. The molecule has 1 aliphatic rings. The van der Waals surface area contributed by atoms with E-state index in [4.69, 9.17) is 10.5 Å². The summed E-state index contributed by atoms with van der Waals surface area (Å²) in [5, 5.41) is 0. The predicted octanol–water partition coefficient (Wildman–Crippen LogP) is 2.50. The Morgan fingerprint density at radius 3 is 2.56 bits per heavy atom. The molecule has 0 amide bonds. The molecule has 1 saturated heterocycles. The van der Waals surface area contributed by atoms with Crippen LogP contribution in [0.4, 0.5) is 0 Å². The molecule has 1 heterocycles. The lowest BCUT2D eigenvalue weighted by molar-refractivity contribution is 0.107. The van der Waals surface area contributed by atoms with Crippen LogP contribution in [0.3, 0.4) is 0 Å². The summed E-state index contributed by atoms with van der Waals surface area (Å²) in [6, 6.07) is 0. The van der Waals surface area contributed by atoms with Gasteiger partial charge in [-0.15, -0.1) is 0 Å². The zero-order chi connectivity index (χ0) is 13.6. The minimum Gasteiger partial charge on any atom is -0.380 e. The SMILES string of the molecule is COC1CCN(CCCC(CCN)C(C)(C)C)C1. The predicted molar refractivity (Wildman–Crippen MR) is 77.7 cm³/mol. The lowest BCUT2D eigenvalue weighted by Crippen LogP contribution is -2.27. The van der Waals surface area contributed by atoms with Gasteiger partial charge in [-0.2, -0.15) is 0 Å². The van der Waals surface area contributed by atoms with E-state index in [1.54, 1.807) is 0 Å². The summed E-state index contributed by atoms with van der Waals surface area (Å²) in [5.41, 5.74) is 6.12. The van der Waals surface area contributed by atoms with E-state index in [0.29, 0.717) is 11.5 Å². The highest BCUT2D eigenvalue weighted by Crippen LogP contribution is 2.32. The van der Waals surface area contributed by atoms with E-state index in [0.717, 1.165) is 25.4 Å². The van der Waals surface area contributed by atoms with Crippen LogP contribution < -0.4 is 5.73 Å². The molecule has 1 fully saturated rings. The number of hydrogen-bond acceptors (Lipinski definition) is 3. The zero-order valence-electron chi connectivity index (χ0n) is 12.7. The average molecular weight is 256 g/mol. The van der Waals surface area contributed by atoms with Crippen LogP contribution in [-0.2, 0) is 4.74 Å². The van der Waals surface area contributed by atoms with Crippen molar-refractivity contribution < 1.29 is 4.74 Å². The number of hydrogen-bond donors (Lipinski definition) is 1. The Hall–Kier alpha value is -0.120. The minimum atomic E-state index is 0.388. The maximum Gasteiger partial charge on any atom is 0.0710 e. The van der Waals surface area contributed by atoms with Gasteiger partial charge in [-0.3, -0.25) is 0 Å². The lowest BCUT2D eigenvalue weighted by atomic mass is 9.76. The summed E-state index contributed by atoms with van der Waals surface area (Å²) in [5.74, 6) is 0.753. The van der Waals surface area contributed by atoms with E-state index in [1.807, 2.05) is 7.11 Å². The van der Waals surface area contributed by atoms with Crippen LogP contribution >= 0.6 is 0 Å². The van der Waals surface area contributed by atoms with Crippen LogP contribution in [0.5, 0.6) is 0 Å². The van der Waals surface area contributed by atoms with Gasteiger partial charge in [0.05, 0.1) is 6.10 Å². The van der Waals surface area contributed by atoms with Crippen molar-refractivity contribution in [3.8, 4) is 0 Å². The van der Waals surface area contributed by atoms with Gasteiger partial charge in [0, 0.05) is 20.2 Å². The molecule has 3 nitrogen and oxygen atoms in total. The number of methoxy groups -OCH3 is 1. The molecule has 18 heavy (non-hydrogen) atoms. The summed E-state index contributed by atoms with van der Waals surface area (Å²) in [6.07, 6.45) is 5.41. The van der Waals surface area contributed by atoms with Gasteiger partial charge in [-0.25, -0.2) is 0 Å². The Kier molecular flexibility index (Phi) is 6.61. The lowest BCUT2D eigenvalue weighted by Gasteiger charge is -2.31. The van der Waals surface area contributed by atoms with Crippen LogP contribution in [0.2, 0.25) is 0 Å². The molecular weight excluding hydrogens is 224 g/mol. The highest BCUT2D eigenvalue weighted by atomic mass is 16.5. The van der Waals surface area contributed by atoms with Gasteiger partial charge in [0.15, 0.2) is 0 Å². The Labute approximate surface area is 113 Å². The Bertz CT molecular complexity index is 225. The normalized spacial score (nSPS) is 23.5. The molecule has 1 aliphatic heterocycles. The third-order valence-electron chi connectivity index (χ3n) is 4.33. The molecule has 2 N–H and O–H groups in total. The molecule has 0 aromatic carbocycles. The molecule has 0 spiro atoms. The largest absolute Gasteiger partial charge is 0.380 e. The molecular formula is C15H32N2O. The first-order valence-electron chi connectivity index (χ1n) is 7.42. The van der Waals surface area contributed by atoms with Crippen molar-refractivity contribution in [1.29, 1.82) is 0 Å². The fraction of sp³-hybridized carbons (Fsp3) is 1.00. The molecule has 2 unspecified atom stereocenters. The fourth-order valence-electron chi connectivity index (χ4n) is 2.97. The fourth-order valence-corrected chi connectivity index (χ4v) is 2.97. The Balaban J connectivity index is 2.23. The molecule has 0 radical (unpaired) electrons. The molecule has 0 bridgehead atoms. The number of nitrogens with zero attached hydrogens (tertiary/aromatic N) is 1. The molecule has 1 rings (SSSR count). The second kappa shape index (κ2) is 7.46. The highest BCUT2D eigenvalue weighted by Gasteiger charge is 2.25. The van der Waals surface area contributed by atoms with Crippen LogP contribution in [0.15, 0.2) is 0 Å². The van der Waals surface area contributed by atoms with Crippen molar-refractivity contribution in [3.63, 3.8) is 0 Å². The third-order valence-corrected chi connectivity index (χ3v) is 4.33. The van der Waals surface area contributed by atoms with Gasteiger partial charge >= 0.3 is 0 Å². The van der Waals surface area contributed by atoms with E-state index < -0.39 is 0 Å². The van der Waals surface area contributed by atoms with E-state index in [2.05, 4.69) is 25.7 Å². The molecule has 0 aromatic heterocycles. The Morgan fingerprint density at radius 1 is 1.33 bits per heavy atom. The van der Waals surface area contributed by atoms with Gasteiger partial charge in [-0.1, -0.05) is 20.8 Å². The first-order valence-corrected chi connectivity index (χ1v) is 7.42. The first kappa shape index (κ1) is 15.9. The summed E-state index contributed by atoms with van der Waals surface area (Å²) in [4.78, 5) is 2.54. The molecule has 3 heteroatoms. The summed E-state index contributed by atoms with van der Waals surface area (Å²) in [7, 11) is 1.82.